The molecule has 4 rings (SSSR count). The van der Waals surface area contributed by atoms with Gasteiger partial charge in [0.2, 0.25) is 5.78 Å². The van der Waals surface area contributed by atoms with E-state index in [2.05, 4.69) is 0 Å². The van der Waals surface area contributed by atoms with E-state index >= 15 is 4.79 Å². The van der Waals surface area contributed by atoms with Gasteiger partial charge in [0.05, 0.1) is 23.7 Å². The van der Waals surface area contributed by atoms with Crippen molar-refractivity contribution in [3.8, 4) is 0 Å². The molecule has 11 atom stereocenters. The summed E-state index contributed by atoms with van der Waals surface area (Å²) in [5.74, 6) is -10.0. The van der Waals surface area contributed by atoms with Crippen LogP contribution in [0.3, 0.4) is 0 Å². The van der Waals surface area contributed by atoms with Gasteiger partial charge in [-0.05, 0) is 42.9 Å². The van der Waals surface area contributed by atoms with Crippen molar-refractivity contribution in [3.63, 3.8) is 0 Å². The van der Waals surface area contributed by atoms with Crippen LogP contribution < -0.4 is 0 Å². The van der Waals surface area contributed by atoms with E-state index < -0.39 is 112 Å². The molecule has 4 aliphatic carbocycles. The van der Waals surface area contributed by atoms with Crippen LogP contribution in [0.1, 0.15) is 95.4 Å². The number of aliphatic hydroxyl groups is 1. The molecule has 0 amide bonds. The summed E-state index contributed by atoms with van der Waals surface area (Å²) >= 11 is 0. The number of ether oxygens (including phenoxy) is 5. The normalized spacial score (nSPS) is 40.5. The van der Waals surface area contributed by atoms with Crippen LogP contribution in [0, 0.1) is 46.8 Å². The van der Waals surface area contributed by atoms with Gasteiger partial charge in [0.15, 0.2) is 17.3 Å². The molecule has 12 nitrogen and oxygen atoms in total. The molecular formula is C34H50O12. The summed E-state index contributed by atoms with van der Waals surface area (Å²) in [6.45, 7) is 17.3. The Morgan fingerprint density at radius 3 is 1.96 bits per heavy atom. The molecule has 4 fully saturated rings. The van der Waals surface area contributed by atoms with Crippen LogP contribution in [-0.2, 0) is 52.5 Å². The molecule has 4 saturated carbocycles. The fourth-order valence-electron chi connectivity index (χ4n) is 8.89. The van der Waals surface area contributed by atoms with Crippen molar-refractivity contribution in [2.75, 3.05) is 0 Å². The smallest absolute Gasteiger partial charge is 0.309 e. The number of esters is 5. The minimum atomic E-state index is -2.38. The van der Waals surface area contributed by atoms with Gasteiger partial charge in [-0.3, -0.25) is 28.8 Å². The zero-order valence-corrected chi connectivity index (χ0v) is 28.8. The van der Waals surface area contributed by atoms with Crippen molar-refractivity contribution in [1.29, 1.82) is 0 Å². The summed E-state index contributed by atoms with van der Waals surface area (Å²) in [5.41, 5.74) is -7.22. The lowest BCUT2D eigenvalue weighted by molar-refractivity contribution is -0.270. The van der Waals surface area contributed by atoms with Crippen molar-refractivity contribution in [3.05, 3.63) is 0 Å². The molecule has 0 aromatic rings. The summed E-state index contributed by atoms with van der Waals surface area (Å²) in [6.07, 6.45) is -4.24. The number of Topliss-reactive ketones (excluding diaryl/α,β-unsaturated/α-hetero) is 1. The van der Waals surface area contributed by atoms with Gasteiger partial charge in [-0.2, -0.15) is 0 Å². The Morgan fingerprint density at radius 1 is 0.870 bits per heavy atom. The van der Waals surface area contributed by atoms with Gasteiger partial charge < -0.3 is 28.8 Å². The van der Waals surface area contributed by atoms with Crippen molar-refractivity contribution in [2.45, 2.75) is 131 Å². The zero-order valence-electron chi connectivity index (χ0n) is 28.8. The van der Waals surface area contributed by atoms with Gasteiger partial charge in [0.1, 0.15) is 17.8 Å². The Hall–Kier alpha value is -3.02. The molecule has 0 unspecified atom stereocenters. The van der Waals surface area contributed by atoms with E-state index in [0.29, 0.717) is 0 Å². The number of hydrogen-bond acceptors (Lipinski definition) is 12. The van der Waals surface area contributed by atoms with E-state index in [-0.39, 0.29) is 25.2 Å². The minimum absolute atomic E-state index is 0.0198. The fourth-order valence-corrected chi connectivity index (χ4v) is 8.89. The molecule has 0 aromatic heterocycles. The third kappa shape index (κ3) is 5.42. The van der Waals surface area contributed by atoms with Crippen LogP contribution in [0.25, 0.3) is 0 Å². The number of carbonyl (C=O) groups excluding carboxylic acids is 6. The summed E-state index contributed by atoms with van der Waals surface area (Å²) in [6, 6.07) is 0. The third-order valence-corrected chi connectivity index (χ3v) is 10.9. The van der Waals surface area contributed by atoms with E-state index in [4.69, 9.17) is 23.7 Å². The van der Waals surface area contributed by atoms with Gasteiger partial charge in [0, 0.05) is 20.3 Å². The van der Waals surface area contributed by atoms with Crippen molar-refractivity contribution >= 4 is 35.6 Å². The number of carbonyl (C=O) groups is 6. The largest absolute Gasteiger partial charge is 0.461 e. The molecule has 12 heteroatoms. The SMILES string of the molecule is CCC(=O)O[C@@H]1[C@@H]2[C@@H](OC(=O)C(C)C)[C@@]3(OC(=O)C(C)C)[C@@H]([C@@H]4[C@H](C[C@H]3OC(C)=O)C4(C)C)[C@](C)(OC(C)=O)C(=O)[C@@]2(O)C[C@@H]1C. The second-order valence-electron chi connectivity index (χ2n) is 15.2. The first kappa shape index (κ1) is 35.8. The zero-order chi connectivity index (χ0) is 34.9. The summed E-state index contributed by atoms with van der Waals surface area (Å²) in [5, 5.41) is 12.7. The van der Waals surface area contributed by atoms with Crippen LogP contribution in [0.5, 0.6) is 0 Å². The Bertz CT molecular complexity index is 1300. The maximum Gasteiger partial charge on any atom is 0.309 e. The first-order valence-electron chi connectivity index (χ1n) is 16.4. The second-order valence-corrected chi connectivity index (χ2v) is 15.2. The third-order valence-electron chi connectivity index (χ3n) is 10.9. The van der Waals surface area contributed by atoms with Crippen LogP contribution >= 0.6 is 0 Å². The van der Waals surface area contributed by atoms with Gasteiger partial charge in [-0.15, -0.1) is 0 Å². The maximum atomic E-state index is 15.1. The molecule has 0 bridgehead atoms. The van der Waals surface area contributed by atoms with Crippen molar-refractivity contribution in [2.24, 2.45) is 46.8 Å². The van der Waals surface area contributed by atoms with E-state index in [1.165, 1.54) is 13.8 Å². The molecule has 0 saturated heterocycles. The highest BCUT2D eigenvalue weighted by Gasteiger charge is 2.85. The van der Waals surface area contributed by atoms with Crippen LogP contribution in [0.15, 0.2) is 0 Å². The maximum absolute atomic E-state index is 15.1. The van der Waals surface area contributed by atoms with Gasteiger partial charge >= 0.3 is 29.8 Å². The Labute approximate surface area is 270 Å². The summed E-state index contributed by atoms with van der Waals surface area (Å²) in [7, 11) is 0. The quantitative estimate of drug-likeness (QED) is 0.301. The number of fused-ring (bicyclic) bond motifs is 4. The molecular weight excluding hydrogens is 600 g/mol. The fraction of sp³-hybridized carbons (Fsp3) is 0.824. The molecule has 1 N–H and O–H groups in total. The Balaban J connectivity index is 2.20. The monoisotopic (exact) mass is 650 g/mol. The second kappa shape index (κ2) is 11.9. The molecule has 0 aliphatic heterocycles. The number of rotatable bonds is 8. The van der Waals surface area contributed by atoms with E-state index in [0.717, 1.165) is 6.92 Å². The standard InChI is InChI=1S/C34H50O12/c1-12-22(37)43-25-17(6)14-33(41)24(25)27(44-28(38)15(2)3)34(46-29(39)16(4)5)21(42-18(7)35)13-20-23(31(20,9)10)26(34)32(11,30(33)40)45-19(8)36/h15-17,20-21,23-27,41H,12-14H2,1-11H3/t17-,20-,21+,23-,24+,25-,26-,27+,32-,33+,34-/m0/s1. The molecule has 4 aliphatic rings. The van der Waals surface area contributed by atoms with Crippen LogP contribution in [0.2, 0.25) is 0 Å². The molecule has 0 radical (unpaired) electrons. The highest BCUT2D eigenvalue weighted by molar-refractivity contribution is 5.98. The average Bonchev–Trinajstić information content (AvgIpc) is 3.37. The molecule has 258 valence electrons. The van der Waals surface area contributed by atoms with Crippen LogP contribution in [-0.4, -0.2) is 75.9 Å². The molecule has 0 spiro atoms. The molecule has 0 aromatic carbocycles. The highest BCUT2D eigenvalue weighted by Crippen LogP contribution is 2.74. The van der Waals surface area contributed by atoms with E-state index in [9.17, 15) is 29.1 Å². The van der Waals surface area contributed by atoms with Gasteiger partial charge in [-0.25, -0.2) is 0 Å². The van der Waals surface area contributed by atoms with Crippen LogP contribution in [0.4, 0.5) is 0 Å². The summed E-state index contributed by atoms with van der Waals surface area (Å²) in [4.78, 5) is 81.1. The molecule has 0 heterocycles. The molecule has 46 heavy (non-hydrogen) atoms. The predicted octanol–water partition coefficient (Wildman–Crippen LogP) is 3.33. The van der Waals surface area contributed by atoms with Crippen molar-refractivity contribution in [1.82, 2.24) is 0 Å². The number of ketones is 1. The highest BCUT2D eigenvalue weighted by atomic mass is 16.6. The Morgan fingerprint density at radius 2 is 1.46 bits per heavy atom. The number of hydrogen-bond donors (Lipinski definition) is 1. The van der Waals surface area contributed by atoms with Gasteiger partial charge in [0.25, 0.3) is 0 Å². The lowest BCUT2D eigenvalue weighted by atomic mass is 9.62. The average molecular weight is 651 g/mol. The lowest BCUT2D eigenvalue weighted by Gasteiger charge is -2.54. The Kier molecular flexibility index (Phi) is 9.27. The van der Waals surface area contributed by atoms with Crippen molar-refractivity contribution < 1.29 is 57.6 Å². The lowest BCUT2D eigenvalue weighted by Crippen LogP contribution is -2.71. The topological polar surface area (TPSA) is 169 Å². The first-order chi connectivity index (χ1) is 21.1. The summed E-state index contributed by atoms with van der Waals surface area (Å²) < 4.78 is 30.7. The minimum Gasteiger partial charge on any atom is -0.461 e. The first-order valence-corrected chi connectivity index (χ1v) is 16.4. The predicted molar refractivity (Wildman–Crippen MR) is 160 cm³/mol. The van der Waals surface area contributed by atoms with E-state index in [1.54, 1.807) is 41.5 Å². The van der Waals surface area contributed by atoms with Gasteiger partial charge in [-0.1, -0.05) is 55.4 Å². The van der Waals surface area contributed by atoms with E-state index in [1.807, 2.05) is 13.8 Å².